The Morgan fingerprint density at radius 1 is 1.37 bits per heavy atom. The molecule has 0 aromatic heterocycles. The van der Waals surface area contributed by atoms with Crippen molar-refractivity contribution in [3.8, 4) is 0 Å². The highest BCUT2D eigenvalue weighted by Gasteiger charge is 2.35. The Morgan fingerprint density at radius 2 is 2.11 bits per heavy atom. The number of rotatable bonds is 2. The van der Waals surface area contributed by atoms with E-state index >= 15 is 0 Å². The number of carbonyl (C=O) groups excluding carboxylic acids is 2. The van der Waals surface area contributed by atoms with Gasteiger partial charge in [-0.25, -0.2) is 4.79 Å². The maximum atomic E-state index is 12.3. The van der Waals surface area contributed by atoms with Crippen molar-refractivity contribution < 1.29 is 19.5 Å². The van der Waals surface area contributed by atoms with Gasteiger partial charge in [-0.05, 0) is 24.6 Å². The van der Waals surface area contributed by atoms with E-state index in [1.54, 1.807) is 24.3 Å². The van der Waals surface area contributed by atoms with Crippen LogP contribution in [0.5, 0.6) is 0 Å². The Balaban J connectivity index is 2.28. The lowest BCUT2D eigenvalue weighted by molar-refractivity contribution is -0.144. The molecule has 0 radical (unpaired) electrons. The minimum absolute atomic E-state index is 0.110. The van der Waals surface area contributed by atoms with Crippen molar-refractivity contribution in [2.24, 2.45) is 0 Å². The van der Waals surface area contributed by atoms with E-state index in [1.165, 1.54) is 0 Å². The third-order valence-corrected chi connectivity index (χ3v) is 3.53. The quantitative estimate of drug-likeness (QED) is 0.898. The number of halogens is 1. The third kappa shape index (κ3) is 3.01. The topological polar surface area (TPSA) is 74.7 Å². The number of carboxylic acids is 1. The first-order chi connectivity index (χ1) is 8.99. The van der Waals surface area contributed by atoms with E-state index < -0.39 is 17.9 Å². The molecule has 1 atom stereocenters. The zero-order valence-corrected chi connectivity index (χ0v) is 11.6. The van der Waals surface area contributed by atoms with Gasteiger partial charge in [0.15, 0.2) is 5.78 Å². The van der Waals surface area contributed by atoms with Gasteiger partial charge in [-0.3, -0.25) is 9.59 Å². The molecule has 0 bridgehead atoms. The Kier molecular flexibility index (Phi) is 3.99. The highest BCUT2D eigenvalue weighted by Crippen LogP contribution is 2.20. The average molecular weight is 326 g/mol. The second kappa shape index (κ2) is 5.52. The van der Waals surface area contributed by atoms with Gasteiger partial charge in [0.2, 0.25) is 0 Å². The Morgan fingerprint density at radius 3 is 2.74 bits per heavy atom. The number of ketones is 1. The molecule has 100 valence electrons. The van der Waals surface area contributed by atoms with E-state index in [1.807, 2.05) is 0 Å². The molecule has 0 aliphatic carbocycles. The first-order valence-electron chi connectivity index (χ1n) is 5.80. The van der Waals surface area contributed by atoms with Crippen molar-refractivity contribution in [3.05, 3.63) is 34.3 Å². The molecule has 1 aromatic rings. The molecule has 1 aliphatic rings. The molecule has 1 heterocycles. The lowest BCUT2D eigenvalue weighted by atomic mass is 10.00. The number of likely N-dealkylation sites (tertiary alicyclic amines) is 1. The summed E-state index contributed by atoms with van der Waals surface area (Å²) in [6.45, 7) is -0.137. The summed E-state index contributed by atoms with van der Waals surface area (Å²) in [6, 6.07) is 5.75. The van der Waals surface area contributed by atoms with Crippen LogP contribution in [0.2, 0.25) is 0 Å². The number of piperidine rings is 1. The predicted octanol–water partition coefficient (Wildman–Crippen LogP) is 1.71. The number of Topliss-reactive ketones (excluding diaryl/α,β-unsaturated/α-hetero) is 1. The first kappa shape index (κ1) is 13.7. The number of amides is 1. The zero-order valence-electron chi connectivity index (χ0n) is 10.0. The van der Waals surface area contributed by atoms with Crippen molar-refractivity contribution in [2.75, 3.05) is 6.54 Å². The minimum atomic E-state index is -1.07. The van der Waals surface area contributed by atoms with Crippen molar-refractivity contribution in [3.63, 3.8) is 0 Å². The molecule has 0 saturated carbocycles. The van der Waals surface area contributed by atoms with E-state index in [0.717, 1.165) is 9.37 Å². The predicted molar refractivity (Wildman–Crippen MR) is 70.8 cm³/mol. The van der Waals surface area contributed by atoms with Crippen molar-refractivity contribution in [1.82, 2.24) is 4.90 Å². The summed E-state index contributed by atoms with van der Waals surface area (Å²) in [5, 5.41) is 9.13. The van der Waals surface area contributed by atoms with Gasteiger partial charge in [-0.1, -0.05) is 22.0 Å². The van der Waals surface area contributed by atoms with E-state index in [4.69, 9.17) is 5.11 Å². The number of carboxylic acid groups (broad SMARTS) is 1. The molecule has 5 nitrogen and oxygen atoms in total. The van der Waals surface area contributed by atoms with E-state index in [9.17, 15) is 14.4 Å². The van der Waals surface area contributed by atoms with Gasteiger partial charge in [0.1, 0.15) is 6.04 Å². The van der Waals surface area contributed by atoms with Crippen LogP contribution in [-0.2, 0) is 9.59 Å². The van der Waals surface area contributed by atoms with Crippen LogP contribution in [0, 0.1) is 0 Å². The summed E-state index contributed by atoms with van der Waals surface area (Å²) < 4.78 is 0.730. The highest BCUT2D eigenvalue weighted by atomic mass is 79.9. The fourth-order valence-corrected chi connectivity index (χ4v) is 2.49. The summed E-state index contributed by atoms with van der Waals surface area (Å²) >= 11 is 3.26. The molecule has 1 aliphatic heterocycles. The maximum Gasteiger partial charge on any atom is 0.326 e. The van der Waals surface area contributed by atoms with Gasteiger partial charge in [-0.2, -0.15) is 0 Å². The van der Waals surface area contributed by atoms with Crippen LogP contribution in [-0.4, -0.2) is 40.3 Å². The first-order valence-corrected chi connectivity index (χ1v) is 6.59. The van der Waals surface area contributed by atoms with Crippen LogP contribution in [0.1, 0.15) is 23.2 Å². The van der Waals surface area contributed by atoms with E-state index in [2.05, 4.69) is 15.9 Å². The molecular formula is C13H12BrNO4. The highest BCUT2D eigenvalue weighted by molar-refractivity contribution is 9.10. The van der Waals surface area contributed by atoms with Crippen LogP contribution in [0.15, 0.2) is 28.7 Å². The zero-order chi connectivity index (χ0) is 14.0. The van der Waals surface area contributed by atoms with E-state index in [-0.39, 0.29) is 25.2 Å². The number of aliphatic carboxylic acids is 1. The van der Waals surface area contributed by atoms with Gasteiger partial charge in [0.05, 0.1) is 6.54 Å². The fourth-order valence-electron chi connectivity index (χ4n) is 2.09. The standard InChI is InChI=1S/C13H12BrNO4/c14-9-3-1-2-8(6-9)12(17)15-7-10(16)4-5-11(15)13(18)19/h1-3,6,11H,4-5,7H2,(H,18,19). The molecule has 6 heteroatoms. The van der Waals surface area contributed by atoms with Gasteiger partial charge in [0.25, 0.3) is 5.91 Å². The smallest absolute Gasteiger partial charge is 0.326 e. The summed E-state index contributed by atoms with van der Waals surface area (Å²) in [6.07, 6.45) is 0.382. The van der Waals surface area contributed by atoms with Crippen molar-refractivity contribution >= 4 is 33.6 Å². The fraction of sp³-hybridized carbons (Fsp3) is 0.308. The number of benzene rings is 1. The van der Waals surface area contributed by atoms with Crippen LogP contribution >= 0.6 is 15.9 Å². The lowest BCUT2D eigenvalue weighted by Crippen LogP contribution is -2.50. The van der Waals surface area contributed by atoms with Gasteiger partial charge in [-0.15, -0.1) is 0 Å². The van der Waals surface area contributed by atoms with Crippen LogP contribution in [0.25, 0.3) is 0 Å². The SMILES string of the molecule is O=C1CCC(C(=O)O)N(C(=O)c2cccc(Br)c2)C1. The van der Waals surface area contributed by atoms with Crippen LogP contribution < -0.4 is 0 Å². The second-order valence-electron chi connectivity index (χ2n) is 4.37. The summed E-state index contributed by atoms with van der Waals surface area (Å²) in [7, 11) is 0. The molecule has 1 amide bonds. The molecule has 1 unspecified atom stereocenters. The van der Waals surface area contributed by atoms with E-state index in [0.29, 0.717) is 5.56 Å². The van der Waals surface area contributed by atoms with Crippen LogP contribution in [0.4, 0.5) is 0 Å². The minimum Gasteiger partial charge on any atom is -0.480 e. The molecule has 0 spiro atoms. The summed E-state index contributed by atoms with van der Waals surface area (Å²) in [4.78, 5) is 36.0. The molecule has 1 saturated heterocycles. The molecule has 2 rings (SSSR count). The Bertz CT molecular complexity index is 543. The number of carbonyl (C=O) groups is 3. The molecule has 19 heavy (non-hydrogen) atoms. The number of hydrogen-bond acceptors (Lipinski definition) is 3. The average Bonchev–Trinajstić information content (AvgIpc) is 2.37. The molecular weight excluding hydrogens is 314 g/mol. The summed E-state index contributed by atoms with van der Waals surface area (Å²) in [5.41, 5.74) is 0.371. The van der Waals surface area contributed by atoms with Crippen molar-refractivity contribution in [1.29, 1.82) is 0 Å². The number of hydrogen-bond donors (Lipinski definition) is 1. The van der Waals surface area contributed by atoms with Crippen molar-refractivity contribution in [2.45, 2.75) is 18.9 Å². The lowest BCUT2D eigenvalue weighted by Gasteiger charge is -2.32. The van der Waals surface area contributed by atoms with Gasteiger partial charge in [0, 0.05) is 16.5 Å². The summed E-state index contributed by atoms with van der Waals surface area (Å²) in [5.74, 6) is -1.61. The molecule has 1 aromatic carbocycles. The monoisotopic (exact) mass is 325 g/mol. The number of nitrogens with zero attached hydrogens (tertiary/aromatic N) is 1. The third-order valence-electron chi connectivity index (χ3n) is 3.04. The molecule has 1 fully saturated rings. The molecule has 1 N–H and O–H groups in total. The van der Waals surface area contributed by atoms with Gasteiger partial charge < -0.3 is 10.0 Å². The second-order valence-corrected chi connectivity index (χ2v) is 5.29. The largest absolute Gasteiger partial charge is 0.480 e. The normalized spacial score (nSPS) is 19.3. The van der Waals surface area contributed by atoms with Gasteiger partial charge >= 0.3 is 5.97 Å². The maximum absolute atomic E-state index is 12.3. The van der Waals surface area contributed by atoms with Crippen LogP contribution in [0.3, 0.4) is 0 Å². The Hall–Kier alpha value is -1.69. The Labute approximate surface area is 118 Å².